The van der Waals surface area contributed by atoms with Crippen molar-refractivity contribution in [2.75, 3.05) is 9.80 Å². The van der Waals surface area contributed by atoms with Crippen LogP contribution >= 0.6 is 0 Å². The van der Waals surface area contributed by atoms with Gasteiger partial charge < -0.3 is 4.90 Å². The summed E-state index contributed by atoms with van der Waals surface area (Å²) >= 11 is 0. The van der Waals surface area contributed by atoms with E-state index in [1.807, 2.05) is 0 Å². The summed E-state index contributed by atoms with van der Waals surface area (Å²) in [5.74, 6) is 0.903. The Bertz CT molecular complexity index is 3500. The van der Waals surface area contributed by atoms with Gasteiger partial charge in [0.25, 0.3) is 0 Å². The first-order valence-corrected chi connectivity index (χ1v) is 22.1. The lowest BCUT2D eigenvalue weighted by Crippen LogP contribution is -2.44. The molecular weight excluding hydrogens is 779 g/mol. The first-order valence-electron chi connectivity index (χ1n) is 22.1. The van der Waals surface area contributed by atoms with Crippen molar-refractivity contribution < 1.29 is 0 Å². The zero-order valence-corrected chi connectivity index (χ0v) is 36.3. The van der Waals surface area contributed by atoms with E-state index in [9.17, 15) is 0 Å². The van der Waals surface area contributed by atoms with E-state index in [1.54, 1.807) is 6.33 Å². The Balaban J connectivity index is 0.999. The van der Waals surface area contributed by atoms with Crippen molar-refractivity contribution in [2.24, 2.45) is 4.99 Å². The van der Waals surface area contributed by atoms with Crippen molar-refractivity contribution >= 4 is 66.6 Å². The Morgan fingerprint density at radius 1 is 0.453 bits per heavy atom. The highest BCUT2D eigenvalue weighted by atomic mass is 15.3. The molecule has 10 aromatic rings. The molecule has 3 heterocycles. The molecule has 0 unspecified atom stereocenters. The SMILES string of the molecule is CC1(C)N=C(c2ccc(-c3ccc(N(c4ccc(-c5ccccc5)cc4)c4cc5ccccc5c5ccccc45)c4ccccc34)cc2)N2c3ccccc3C(C)(C)c3ncnc1c32. The number of amidine groups is 1. The Kier molecular flexibility index (Phi) is 8.47. The third-order valence-electron chi connectivity index (χ3n) is 13.4. The fourth-order valence-corrected chi connectivity index (χ4v) is 10.3. The molecule has 5 heteroatoms. The largest absolute Gasteiger partial charge is 0.309 e. The molecule has 0 fully saturated rings. The standard InChI is InChI=1S/C59H45N5/c1-58(2)50-24-14-15-25-52(50)64-54-55(58)60-37-61-56(54)59(3,4)62-57(64)41-28-26-40(27-29-41)45-34-35-51(48-22-12-10-21-47(45)48)63(43-32-30-39(31-33-43)38-16-6-5-7-17-38)53-36-42-18-8-9-19-44(42)46-20-11-13-23-49(46)53/h5-37H,1-4H3. The van der Waals surface area contributed by atoms with Crippen LogP contribution in [0.5, 0.6) is 0 Å². The van der Waals surface area contributed by atoms with Gasteiger partial charge in [-0.25, -0.2) is 9.97 Å². The van der Waals surface area contributed by atoms with Crippen molar-refractivity contribution in [3.63, 3.8) is 0 Å². The van der Waals surface area contributed by atoms with Gasteiger partial charge in [-0.2, -0.15) is 0 Å². The van der Waals surface area contributed by atoms with Crippen LogP contribution in [0.15, 0.2) is 205 Å². The quantitative estimate of drug-likeness (QED) is 0.157. The van der Waals surface area contributed by atoms with Crippen LogP contribution in [-0.4, -0.2) is 15.8 Å². The zero-order valence-electron chi connectivity index (χ0n) is 36.3. The van der Waals surface area contributed by atoms with E-state index < -0.39 is 5.54 Å². The smallest absolute Gasteiger partial charge is 0.141 e. The van der Waals surface area contributed by atoms with E-state index in [0.29, 0.717) is 0 Å². The van der Waals surface area contributed by atoms with Crippen molar-refractivity contribution in [1.29, 1.82) is 0 Å². The van der Waals surface area contributed by atoms with E-state index in [2.05, 4.69) is 232 Å². The van der Waals surface area contributed by atoms with Gasteiger partial charge in [0.15, 0.2) is 0 Å². The molecule has 0 radical (unpaired) electrons. The van der Waals surface area contributed by atoms with Crippen LogP contribution < -0.4 is 9.80 Å². The van der Waals surface area contributed by atoms with Crippen LogP contribution in [0.3, 0.4) is 0 Å². The van der Waals surface area contributed by atoms with Gasteiger partial charge in [-0.15, -0.1) is 0 Å². The van der Waals surface area contributed by atoms with E-state index >= 15 is 0 Å². The summed E-state index contributed by atoms with van der Waals surface area (Å²) < 4.78 is 0. The van der Waals surface area contributed by atoms with Gasteiger partial charge in [-0.3, -0.25) is 9.89 Å². The number of aromatic nitrogens is 2. The summed E-state index contributed by atoms with van der Waals surface area (Å²) in [5, 5.41) is 7.24. The highest BCUT2D eigenvalue weighted by Gasteiger charge is 2.46. The number of nitrogens with zero attached hydrogens (tertiary/aromatic N) is 5. The van der Waals surface area contributed by atoms with Crippen LogP contribution in [0.25, 0.3) is 54.6 Å². The molecule has 0 amide bonds. The van der Waals surface area contributed by atoms with Gasteiger partial charge in [-0.05, 0) is 107 Å². The van der Waals surface area contributed by atoms with Crippen LogP contribution in [0.1, 0.15) is 50.2 Å². The molecule has 306 valence electrons. The van der Waals surface area contributed by atoms with Gasteiger partial charge in [0.05, 0.1) is 34.1 Å². The van der Waals surface area contributed by atoms with E-state index in [0.717, 1.165) is 56.8 Å². The molecule has 0 aliphatic carbocycles. The Morgan fingerprint density at radius 2 is 1.03 bits per heavy atom. The maximum Gasteiger partial charge on any atom is 0.141 e. The van der Waals surface area contributed by atoms with Crippen molar-refractivity contribution in [3.8, 4) is 22.3 Å². The fourth-order valence-electron chi connectivity index (χ4n) is 10.3. The molecule has 0 saturated heterocycles. The zero-order chi connectivity index (χ0) is 43.2. The molecule has 0 N–H and O–H groups in total. The molecule has 5 nitrogen and oxygen atoms in total. The van der Waals surface area contributed by atoms with E-state index in [4.69, 9.17) is 15.0 Å². The summed E-state index contributed by atoms with van der Waals surface area (Å²) in [4.78, 5) is 20.0. The van der Waals surface area contributed by atoms with Crippen molar-refractivity contribution in [3.05, 3.63) is 223 Å². The number of aliphatic imine (C=N–C) groups is 1. The molecule has 0 saturated carbocycles. The highest BCUT2D eigenvalue weighted by Crippen LogP contribution is 2.53. The summed E-state index contributed by atoms with van der Waals surface area (Å²) in [6, 6.07) is 70.5. The predicted octanol–water partition coefficient (Wildman–Crippen LogP) is 15.2. The average Bonchev–Trinajstić information content (AvgIpc) is 3.34. The van der Waals surface area contributed by atoms with Gasteiger partial charge in [-0.1, -0.05) is 164 Å². The minimum absolute atomic E-state index is 0.293. The molecule has 12 rings (SSSR count). The Hall–Kier alpha value is -7.89. The number of hydrogen-bond donors (Lipinski definition) is 0. The normalized spacial score (nSPS) is 14.6. The third kappa shape index (κ3) is 5.81. The second-order valence-electron chi connectivity index (χ2n) is 18.1. The first kappa shape index (κ1) is 37.8. The minimum atomic E-state index is -0.546. The number of fused-ring (bicyclic) bond motifs is 6. The maximum atomic E-state index is 5.45. The lowest BCUT2D eigenvalue weighted by atomic mass is 9.74. The second-order valence-corrected chi connectivity index (χ2v) is 18.1. The summed E-state index contributed by atoms with van der Waals surface area (Å²) in [7, 11) is 0. The predicted molar refractivity (Wildman–Crippen MR) is 267 cm³/mol. The molecule has 0 spiro atoms. The molecule has 2 aliphatic heterocycles. The highest BCUT2D eigenvalue weighted by molar-refractivity contribution is 6.19. The van der Waals surface area contributed by atoms with Crippen LogP contribution in [0, 0.1) is 0 Å². The molecule has 64 heavy (non-hydrogen) atoms. The van der Waals surface area contributed by atoms with Crippen molar-refractivity contribution in [2.45, 2.75) is 38.6 Å². The monoisotopic (exact) mass is 823 g/mol. The number of hydrogen-bond acceptors (Lipinski definition) is 5. The number of para-hydroxylation sites is 1. The van der Waals surface area contributed by atoms with E-state index in [1.165, 1.54) is 54.6 Å². The summed E-state index contributed by atoms with van der Waals surface area (Å²) in [6.07, 6.45) is 1.71. The van der Waals surface area contributed by atoms with Gasteiger partial charge in [0.2, 0.25) is 0 Å². The van der Waals surface area contributed by atoms with Gasteiger partial charge >= 0.3 is 0 Å². The van der Waals surface area contributed by atoms with Gasteiger partial charge in [0.1, 0.15) is 17.7 Å². The Labute approximate surface area is 373 Å². The minimum Gasteiger partial charge on any atom is -0.309 e. The topological polar surface area (TPSA) is 44.6 Å². The molecule has 1 aromatic heterocycles. The number of anilines is 5. The van der Waals surface area contributed by atoms with Crippen LogP contribution in [0.2, 0.25) is 0 Å². The lowest BCUT2D eigenvalue weighted by Gasteiger charge is -2.45. The van der Waals surface area contributed by atoms with Crippen molar-refractivity contribution in [1.82, 2.24) is 9.97 Å². The molecular formula is C59H45N5. The van der Waals surface area contributed by atoms with Crippen LogP contribution in [0.4, 0.5) is 28.4 Å². The number of benzene rings is 9. The lowest BCUT2D eigenvalue weighted by molar-refractivity contribution is 0.516. The summed E-state index contributed by atoms with van der Waals surface area (Å²) in [6.45, 7) is 8.84. The first-order chi connectivity index (χ1) is 31.3. The Morgan fingerprint density at radius 3 is 1.80 bits per heavy atom. The fraction of sp³-hybridized carbons (Fsp3) is 0.102. The number of rotatable bonds is 6. The molecule has 2 aliphatic rings. The van der Waals surface area contributed by atoms with Gasteiger partial charge in [0, 0.05) is 27.4 Å². The molecule has 0 atom stereocenters. The van der Waals surface area contributed by atoms with E-state index in [-0.39, 0.29) is 5.41 Å². The summed E-state index contributed by atoms with van der Waals surface area (Å²) in [5.41, 5.74) is 13.6. The maximum absolute atomic E-state index is 5.45. The average molecular weight is 824 g/mol. The third-order valence-corrected chi connectivity index (χ3v) is 13.4. The van der Waals surface area contributed by atoms with Crippen LogP contribution in [-0.2, 0) is 11.0 Å². The molecule has 9 aromatic carbocycles. The molecule has 0 bridgehead atoms. The second kappa shape index (κ2) is 14.3.